The van der Waals surface area contributed by atoms with Crippen molar-refractivity contribution in [1.82, 2.24) is 9.97 Å². The van der Waals surface area contributed by atoms with Gasteiger partial charge in [-0.05, 0) is 33.1 Å². The van der Waals surface area contributed by atoms with E-state index in [4.69, 9.17) is 15.2 Å². The Balaban J connectivity index is 2.09. The number of rotatable bonds is 3. The maximum atomic E-state index is 5.97. The zero-order valence-corrected chi connectivity index (χ0v) is 11.3. The van der Waals surface area contributed by atoms with Crippen molar-refractivity contribution in [3.05, 3.63) is 11.4 Å². The van der Waals surface area contributed by atoms with Gasteiger partial charge in [0, 0.05) is 13.5 Å². The molecule has 1 aromatic heterocycles. The minimum Gasteiger partial charge on any atom is -0.474 e. The van der Waals surface area contributed by atoms with Gasteiger partial charge in [-0.15, -0.1) is 0 Å². The van der Waals surface area contributed by atoms with Crippen molar-refractivity contribution in [3.8, 4) is 5.88 Å². The van der Waals surface area contributed by atoms with Gasteiger partial charge in [0.2, 0.25) is 5.88 Å². The smallest absolute Gasteiger partial charge is 0.222 e. The predicted octanol–water partition coefficient (Wildman–Crippen LogP) is 2.01. The lowest BCUT2D eigenvalue weighted by Crippen LogP contribution is -2.30. The predicted molar refractivity (Wildman–Crippen MR) is 69.6 cm³/mol. The van der Waals surface area contributed by atoms with E-state index >= 15 is 0 Å². The van der Waals surface area contributed by atoms with E-state index in [1.807, 2.05) is 13.8 Å². The SMILES string of the molecule is COC1CCCC(Oc2nc(C)nc(N)c2C)C1. The van der Waals surface area contributed by atoms with Crippen LogP contribution in [0, 0.1) is 13.8 Å². The zero-order chi connectivity index (χ0) is 13.1. The molecule has 2 N–H and O–H groups in total. The third kappa shape index (κ3) is 2.90. The van der Waals surface area contributed by atoms with Gasteiger partial charge in [-0.2, -0.15) is 4.98 Å². The standard InChI is InChI=1S/C13H21N3O2/c1-8-12(14)15-9(2)16-13(8)18-11-6-4-5-10(7-11)17-3/h10-11H,4-7H2,1-3H3,(H2,14,15,16). The third-order valence-corrected chi connectivity index (χ3v) is 3.44. The highest BCUT2D eigenvalue weighted by atomic mass is 16.5. The minimum atomic E-state index is 0.163. The van der Waals surface area contributed by atoms with Crippen LogP contribution in [-0.4, -0.2) is 29.3 Å². The fourth-order valence-corrected chi connectivity index (χ4v) is 2.32. The van der Waals surface area contributed by atoms with E-state index in [0.717, 1.165) is 31.2 Å². The number of nitrogens with zero attached hydrogens (tertiary/aromatic N) is 2. The molecule has 5 nitrogen and oxygen atoms in total. The van der Waals surface area contributed by atoms with E-state index < -0.39 is 0 Å². The van der Waals surface area contributed by atoms with Crippen molar-refractivity contribution in [2.24, 2.45) is 0 Å². The first-order chi connectivity index (χ1) is 8.60. The molecule has 5 heteroatoms. The molecule has 0 bridgehead atoms. The van der Waals surface area contributed by atoms with Crippen LogP contribution in [0.25, 0.3) is 0 Å². The highest BCUT2D eigenvalue weighted by Crippen LogP contribution is 2.27. The summed E-state index contributed by atoms with van der Waals surface area (Å²) >= 11 is 0. The summed E-state index contributed by atoms with van der Waals surface area (Å²) in [6.07, 6.45) is 4.66. The Morgan fingerprint density at radius 1 is 1.17 bits per heavy atom. The Hall–Kier alpha value is -1.36. The second kappa shape index (κ2) is 5.52. The Morgan fingerprint density at radius 2 is 1.89 bits per heavy atom. The fourth-order valence-electron chi connectivity index (χ4n) is 2.32. The van der Waals surface area contributed by atoms with Crippen molar-refractivity contribution >= 4 is 5.82 Å². The maximum Gasteiger partial charge on any atom is 0.222 e. The molecule has 1 saturated carbocycles. The number of anilines is 1. The summed E-state index contributed by atoms with van der Waals surface area (Å²) < 4.78 is 11.4. The van der Waals surface area contributed by atoms with Crippen LogP contribution in [0.15, 0.2) is 0 Å². The molecular formula is C13H21N3O2. The molecular weight excluding hydrogens is 230 g/mol. The molecule has 18 heavy (non-hydrogen) atoms. The van der Waals surface area contributed by atoms with Crippen LogP contribution in [0.4, 0.5) is 5.82 Å². The minimum absolute atomic E-state index is 0.163. The third-order valence-electron chi connectivity index (χ3n) is 3.44. The van der Waals surface area contributed by atoms with Gasteiger partial charge in [0.1, 0.15) is 17.7 Å². The van der Waals surface area contributed by atoms with Crippen LogP contribution in [-0.2, 0) is 4.74 Å². The van der Waals surface area contributed by atoms with Crippen molar-refractivity contribution in [1.29, 1.82) is 0 Å². The first kappa shape index (κ1) is 13.1. The van der Waals surface area contributed by atoms with Crippen LogP contribution in [0.2, 0.25) is 0 Å². The van der Waals surface area contributed by atoms with E-state index in [0.29, 0.717) is 23.6 Å². The molecule has 1 aromatic rings. The summed E-state index contributed by atoms with van der Waals surface area (Å²) in [4.78, 5) is 8.44. The molecule has 0 saturated heterocycles. The Morgan fingerprint density at radius 3 is 2.61 bits per heavy atom. The van der Waals surface area contributed by atoms with Gasteiger partial charge in [0.25, 0.3) is 0 Å². The molecule has 1 aliphatic carbocycles. The van der Waals surface area contributed by atoms with Gasteiger partial charge >= 0.3 is 0 Å². The van der Waals surface area contributed by atoms with Crippen molar-refractivity contribution in [2.75, 3.05) is 12.8 Å². The number of hydrogen-bond donors (Lipinski definition) is 1. The topological polar surface area (TPSA) is 70.3 Å². The number of ether oxygens (including phenoxy) is 2. The lowest BCUT2D eigenvalue weighted by molar-refractivity contribution is 0.0192. The number of methoxy groups -OCH3 is 1. The van der Waals surface area contributed by atoms with Gasteiger partial charge in [-0.1, -0.05) is 0 Å². The second-order valence-electron chi connectivity index (χ2n) is 4.85. The van der Waals surface area contributed by atoms with Gasteiger partial charge in [0.15, 0.2) is 0 Å². The first-order valence-corrected chi connectivity index (χ1v) is 6.40. The molecule has 2 unspecified atom stereocenters. The average molecular weight is 251 g/mol. The number of hydrogen-bond acceptors (Lipinski definition) is 5. The highest BCUT2D eigenvalue weighted by Gasteiger charge is 2.24. The summed E-state index contributed by atoms with van der Waals surface area (Å²) in [5.74, 6) is 1.76. The van der Waals surface area contributed by atoms with E-state index in [-0.39, 0.29) is 6.10 Å². The maximum absolute atomic E-state index is 5.97. The van der Waals surface area contributed by atoms with Crippen molar-refractivity contribution in [3.63, 3.8) is 0 Å². The van der Waals surface area contributed by atoms with Crippen LogP contribution < -0.4 is 10.5 Å². The van der Waals surface area contributed by atoms with Gasteiger partial charge < -0.3 is 15.2 Å². The van der Waals surface area contributed by atoms with Crippen molar-refractivity contribution < 1.29 is 9.47 Å². The van der Waals surface area contributed by atoms with Crippen LogP contribution in [0.3, 0.4) is 0 Å². The normalized spacial score (nSPS) is 23.9. The lowest BCUT2D eigenvalue weighted by Gasteiger charge is -2.28. The fraction of sp³-hybridized carbons (Fsp3) is 0.692. The van der Waals surface area contributed by atoms with E-state index in [1.54, 1.807) is 7.11 Å². The zero-order valence-electron chi connectivity index (χ0n) is 11.3. The summed E-state index contributed by atoms with van der Waals surface area (Å²) in [5.41, 5.74) is 6.64. The molecule has 0 spiro atoms. The molecule has 0 aliphatic heterocycles. The molecule has 100 valence electrons. The van der Waals surface area contributed by atoms with Gasteiger partial charge in [-0.3, -0.25) is 0 Å². The summed E-state index contributed by atoms with van der Waals surface area (Å²) in [6, 6.07) is 0. The van der Waals surface area contributed by atoms with E-state index in [9.17, 15) is 0 Å². The Bertz CT molecular complexity index is 423. The Kier molecular flexibility index (Phi) is 4.01. The lowest BCUT2D eigenvalue weighted by atomic mass is 9.95. The quantitative estimate of drug-likeness (QED) is 0.889. The van der Waals surface area contributed by atoms with E-state index in [2.05, 4.69) is 9.97 Å². The first-order valence-electron chi connectivity index (χ1n) is 6.40. The molecule has 0 radical (unpaired) electrons. The average Bonchev–Trinajstić information content (AvgIpc) is 2.35. The number of nitrogens with two attached hydrogens (primary N) is 1. The van der Waals surface area contributed by atoms with Crippen LogP contribution in [0.1, 0.15) is 37.1 Å². The second-order valence-corrected chi connectivity index (χ2v) is 4.85. The highest BCUT2D eigenvalue weighted by molar-refractivity contribution is 5.44. The molecule has 0 amide bonds. The molecule has 1 fully saturated rings. The number of nitrogen functional groups attached to an aromatic ring is 1. The number of aryl methyl sites for hydroxylation is 1. The van der Waals surface area contributed by atoms with Gasteiger partial charge in [0.05, 0.1) is 11.7 Å². The largest absolute Gasteiger partial charge is 0.474 e. The monoisotopic (exact) mass is 251 g/mol. The summed E-state index contributed by atoms with van der Waals surface area (Å²) in [5, 5.41) is 0. The summed E-state index contributed by atoms with van der Waals surface area (Å²) in [6.45, 7) is 3.71. The molecule has 2 rings (SSSR count). The Labute approximate surface area is 108 Å². The molecule has 2 atom stereocenters. The van der Waals surface area contributed by atoms with Crippen LogP contribution in [0.5, 0.6) is 5.88 Å². The molecule has 0 aromatic carbocycles. The summed E-state index contributed by atoms with van der Waals surface area (Å²) in [7, 11) is 1.76. The van der Waals surface area contributed by atoms with Crippen molar-refractivity contribution in [2.45, 2.75) is 51.7 Å². The van der Waals surface area contributed by atoms with E-state index in [1.165, 1.54) is 0 Å². The van der Waals surface area contributed by atoms with Crippen LogP contribution >= 0.6 is 0 Å². The molecule has 1 heterocycles. The number of aromatic nitrogens is 2. The van der Waals surface area contributed by atoms with Gasteiger partial charge in [-0.25, -0.2) is 4.98 Å². The molecule has 1 aliphatic rings.